The van der Waals surface area contributed by atoms with Gasteiger partial charge in [0.05, 0.1) is 16.1 Å². The predicted octanol–water partition coefficient (Wildman–Crippen LogP) is 3.33. The van der Waals surface area contributed by atoms with Crippen LogP contribution in [0.5, 0.6) is 0 Å². The molecule has 0 fully saturated rings. The van der Waals surface area contributed by atoms with E-state index in [1.807, 2.05) is 32.9 Å². The third kappa shape index (κ3) is 4.10. The third-order valence-corrected chi connectivity index (χ3v) is 3.95. The smallest absolute Gasteiger partial charge is 0.240 e. The SMILES string of the molecule is CCN(Cc1cccc(Cl)c1Cl)C(=O)C(N)C(C)C. The summed E-state index contributed by atoms with van der Waals surface area (Å²) in [7, 11) is 0. The van der Waals surface area contributed by atoms with Crippen LogP contribution in [0.25, 0.3) is 0 Å². The number of hydrogen-bond donors (Lipinski definition) is 1. The summed E-state index contributed by atoms with van der Waals surface area (Å²) in [5.74, 6) is 0.0462. The molecule has 0 saturated heterocycles. The molecule has 0 saturated carbocycles. The Morgan fingerprint density at radius 3 is 2.53 bits per heavy atom. The summed E-state index contributed by atoms with van der Waals surface area (Å²) in [6.45, 7) is 6.80. The molecule has 0 aromatic heterocycles. The van der Waals surface area contributed by atoms with E-state index in [0.717, 1.165) is 5.56 Å². The molecule has 1 amide bonds. The molecule has 1 unspecified atom stereocenters. The zero-order valence-corrected chi connectivity index (χ0v) is 13.0. The number of nitrogens with two attached hydrogens (primary N) is 1. The fraction of sp³-hybridized carbons (Fsp3) is 0.500. The van der Waals surface area contributed by atoms with Gasteiger partial charge >= 0.3 is 0 Å². The molecular formula is C14H20Cl2N2O. The standard InChI is InChI=1S/C14H20Cl2N2O/c1-4-18(14(19)13(17)9(2)3)8-10-6-5-7-11(15)12(10)16/h5-7,9,13H,4,8,17H2,1-3H3. The molecule has 0 aliphatic carbocycles. The second-order valence-electron chi connectivity index (χ2n) is 4.84. The number of hydrogen-bond acceptors (Lipinski definition) is 2. The number of carbonyl (C=O) groups is 1. The van der Waals surface area contributed by atoms with Crippen molar-refractivity contribution in [2.75, 3.05) is 6.54 Å². The molecule has 1 rings (SSSR count). The Kier molecular flexibility index (Phi) is 6.11. The lowest BCUT2D eigenvalue weighted by Crippen LogP contribution is -2.46. The molecule has 0 aliphatic heterocycles. The summed E-state index contributed by atoms with van der Waals surface area (Å²) in [4.78, 5) is 13.9. The summed E-state index contributed by atoms with van der Waals surface area (Å²) in [5, 5.41) is 0.990. The van der Waals surface area contributed by atoms with Crippen molar-refractivity contribution < 1.29 is 4.79 Å². The minimum Gasteiger partial charge on any atom is -0.337 e. The minimum absolute atomic E-state index is 0.0615. The normalized spacial score (nSPS) is 12.6. The first-order chi connectivity index (χ1) is 8.88. The van der Waals surface area contributed by atoms with Crippen molar-refractivity contribution in [3.8, 4) is 0 Å². The van der Waals surface area contributed by atoms with Gasteiger partial charge in [-0.2, -0.15) is 0 Å². The molecule has 0 radical (unpaired) electrons. The van der Waals surface area contributed by atoms with E-state index in [1.165, 1.54) is 0 Å². The van der Waals surface area contributed by atoms with E-state index < -0.39 is 6.04 Å². The molecule has 1 atom stereocenters. The van der Waals surface area contributed by atoms with Gasteiger partial charge < -0.3 is 10.6 Å². The number of amides is 1. The second-order valence-corrected chi connectivity index (χ2v) is 5.62. The largest absolute Gasteiger partial charge is 0.337 e. The first-order valence-electron chi connectivity index (χ1n) is 6.35. The fourth-order valence-electron chi connectivity index (χ4n) is 1.72. The van der Waals surface area contributed by atoms with Crippen molar-refractivity contribution in [2.24, 2.45) is 11.7 Å². The molecule has 5 heteroatoms. The van der Waals surface area contributed by atoms with Gasteiger partial charge in [-0.15, -0.1) is 0 Å². The maximum Gasteiger partial charge on any atom is 0.240 e. The van der Waals surface area contributed by atoms with Crippen molar-refractivity contribution in [1.29, 1.82) is 0 Å². The lowest BCUT2D eigenvalue weighted by atomic mass is 10.0. The van der Waals surface area contributed by atoms with E-state index in [4.69, 9.17) is 28.9 Å². The third-order valence-electron chi connectivity index (χ3n) is 3.09. The van der Waals surface area contributed by atoms with Crippen LogP contribution in [-0.2, 0) is 11.3 Å². The minimum atomic E-state index is -0.488. The van der Waals surface area contributed by atoms with Crippen LogP contribution in [0.2, 0.25) is 10.0 Å². The highest BCUT2D eigenvalue weighted by Crippen LogP contribution is 2.26. The zero-order valence-electron chi connectivity index (χ0n) is 11.5. The van der Waals surface area contributed by atoms with E-state index in [1.54, 1.807) is 11.0 Å². The number of benzene rings is 1. The topological polar surface area (TPSA) is 46.3 Å². The number of nitrogens with zero attached hydrogens (tertiary/aromatic N) is 1. The number of likely N-dealkylation sites (N-methyl/N-ethyl adjacent to an activating group) is 1. The number of halogens is 2. The molecular weight excluding hydrogens is 283 g/mol. The highest BCUT2D eigenvalue weighted by Gasteiger charge is 2.23. The van der Waals surface area contributed by atoms with Crippen molar-refractivity contribution in [3.63, 3.8) is 0 Å². The molecule has 1 aromatic rings. The van der Waals surface area contributed by atoms with E-state index in [2.05, 4.69) is 0 Å². The van der Waals surface area contributed by atoms with Crippen LogP contribution >= 0.6 is 23.2 Å². The van der Waals surface area contributed by atoms with Gasteiger partial charge in [0.25, 0.3) is 0 Å². The van der Waals surface area contributed by atoms with Crippen molar-refractivity contribution in [1.82, 2.24) is 4.90 Å². The Morgan fingerprint density at radius 2 is 2.00 bits per heavy atom. The molecule has 106 valence electrons. The van der Waals surface area contributed by atoms with E-state index in [9.17, 15) is 4.79 Å². The molecule has 0 bridgehead atoms. The van der Waals surface area contributed by atoms with Gasteiger partial charge in [-0.05, 0) is 24.5 Å². The fourth-order valence-corrected chi connectivity index (χ4v) is 2.10. The Hall–Kier alpha value is -0.770. The molecule has 0 aliphatic rings. The van der Waals surface area contributed by atoms with Gasteiger partial charge in [0.15, 0.2) is 0 Å². The molecule has 3 nitrogen and oxygen atoms in total. The van der Waals surface area contributed by atoms with Crippen LogP contribution in [0.4, 0.5) is 0 Å². The predicted molar refractivity (Wildman–Crippen MR) is 80.4 cm³/mol. The van der Waals surface area contributed by atoms with Crippen molar-refractivity contribution >= 4 is 29.1 Å². The zero-order chi connectivity index (χ0) is 14.6. The summed E-state index contributed by atoms with van der Waals surface area (Å²) < 4.78 is 0. The van der Waals surface area contributed by atoms with Crippen LogP contribution in [-0.4, -0.2) is 23.4 Å². The lowest BCUT2D eigenvalue weighted by Gasteiger charge is -2.26. The number of rotatable bonds is 5. The van der Waals surface area contributed by atoms with E-state index in [0.29, 0.717) is 23.1 Å². The van der Waals surface area contributed by atoms with Gasteiger partial charge in [-0.1, -0.05) is 49.2 Å². The van der Waals surface area contributed by atoms with Crippen LogP contribution in [0.15, 0.2) is 18.2 Å². The van der Waals surface area contributed by atoms with Gasteiger partial charge in [0.2, 0.25) is 5.91 Å². The Balaban J connectivity index is 2.88. The molecule has 1 aromatic carbocycles. The summed E-state index contributed by atoms with van der Waals surface area (Å²) in [6, 6.07) is 4.93. The average molecular weight is 303 g/mol. The van der Waals surface area contributed by atoms with Crippen LogP contribution < -0.4 is 5.73 Å². The first-order valence-corrected chi connectivity index (χ1v) is 7.11. The van der Waals surface area contributed by atoms with Gasteiger partial charge in [0.1, 0.15) is 0 Å². The Bertz CT molecular complexity index is 449. The monoisotopic (exact) mass is 302 g/mol. The van der Waals surface area contributed by atoms with E-state index in [-0.39, 0.29) is 11.8 Å². The van der Waals surface area contributed by atoms with E-state index >= 15 is 0 Å². The van der Waals surface area contributed by atoms with Crippen LogP contribution in [0.1, 0.15) is 26.3 Å². The average Bonchev–Trinajstić information content (AvgIpc) is 2.38. The summed E-state index contributed by atoms with van der Waals surface area (Å²) in [5.41, 5.74) is 6.74. The molecule has 2 N–H and O–H groups in total. The lowest BCUT2D eigenvalue weighted by molar-refractivity contribution is -0.134. The Labute approximate surface area is 124 Å². The maximum absolute atomic E-state index is 12.2. The highest BCUT2D eigenvalue weighted by atomic mass is 35.5. The molecule has 0 heterocycles. The molecule has 19 heavy (non-hydrogen) atoms. The Morgan fingerprint density at radius 1 is 1.37 bits per heavy atom. The van der Waals surface area contributed by atoms with Crippen molar-refractivity contribution in [3.05, 3.63) is 33.8 Å². The molecule has 0 spiro atoms. The second kappa shape index (κ2) is 7.13. The number of carbonyl (C=O) groups excluding carboxylic acids is 1. The van der Waals surface area contributed by atoms with Crippen LogP contribution in [0.3, 0.4) is 0 Å². The quantitative estimate of drug-likeness (QED) is 0.907. The summed E-state index contributed by atoms with van der Waals surface area (Å²) >= 11 is 12.1. The maximum atomic E-state index is 12.2. The first kappa shape index (κ1) is 16.3. The van der Waals surface area contributed by atoms with Crippen LogP contribution in [0, 0.1) is 5.92 Å². The van der Waals surface area contributed by atoms with Crippen molar-refractivity contribution in [2.45, 2.75) is 33.4 Å². The highest BCUT2D eigenvalue weighted by molar-refractivity contribution is 6.42. The van der Waals surface area contributed by atoms with Gasteiger partial charge in [-0.3, -0.25) is 4.79 Å². The summed E-state index contributed by atoms with van der Waals surface area (Å²) in [6.07, 6.45) is 0. The van der Waals surface area contributed by atoms with Gasteiger partial charge in [0, 0.05) is 13.1 Å². The van der Waals surface area contributed by atoms with Gasteiger partial charge in [-0.25, -0.2) is 0 Å².